The third kappa shape index (κ3) is 2.21. The maximum atomic E-state index is 11.2. The van der Waals surface area contributed by atoms with Crippen LogP contribution in [0.1, 0.15) is 11.3 Å². The van der Waals surface area contributed by atoms with Gasteiger partial charge in [0.15, 0.2) is 0 Å². The Labute approximate surface area is 117 Å². The standard InChI is InChI=1S/C16H15N3O/c1-3-8-19-11(2)14(9-12(10-17)16(18)20)13-6-4-5-7-15(13)19/h3-7,9H,1,8H2,2H3,(H2,18,20). The van der Waals surface area contributed by atoms with Crippen molar-refractivity contribution in [3.63, 3.8) is 0 Å². The first-order valence-corrected chi connectivity index (χ1v) is 6.20. The molecular formula is C16H15N3O. The summed E-state index contributed by atoms with van der Waals surface area (Å²) in [6.45, 7) is 6.37. The van der Waals surface area contributed by atoms with Crippen LogP contribution >= 0.6 is 0 Å². The number of allylic oxidation sites excluding steroid dienone is 1. The highest BCUT2D eigenvalue weighted by Gasteiger charge is 2.13. The lowest BCUT2D eigenvalue weighted by Gasteiger charge is -2.04. The molecule has 1 aromatic heterocycles. The van der Waals surface area contributed by atoms with E-state index in [4.69, 9.17) is 11.0 Å². The number of nitriles is 1. The monoisotopic (exact) mass is 265 g/mol. The average molecular weight is 265 g/mol. The lowest BCUT2D eigenvalue weighted by molar-refractivity contribution is -0.114. The summed E-state index contributed by atoms with van der Waals surface area (Å²) in [4.78, 5) is 11.2. The SMILES string of the molecule is C=CCn1c(C)c(C=C(C#N)C(N)=O)c2ccccc21. The minimum atomic E-state index is -0.715. The fourth-order valence-corrected chi connectivity index (χ4v) is 2.31. The molecule has 2 aromatic rings. The van der Waals surface area contributed by atoms with Gasteiger partial charge in [0.25, 0.3) is 5.91 Å². The van der Waals surface area contributed by atoms with Crippen molar-refractivity contribution in [3.05, 3.63) is 53.8 Å². The number of carbonyl (C=O) groups is 1. The van der Waals surface area contributed by atoms with Gasteiger partial charge in [-0.15, -0.1) is 6.58 Å². The molecule has 0 radical (unpaired) electrons. The average Bonchev–Trinajstić information content (AvgIpc) is 2.70. The molecule has 4 nitrogen and oxygen atoms in total. The zero-order valence-corrected chi connectivity index (χ0v) is 11.3. The minimum absolute atomic E-state index is 0.0467. The highest BCUT2D eigenvalue weighted by atomic mass is 16.1. The van der Waals surface area contributed by atoms with E-state index in [-0.39, 0.29) is 5.57 Å². The molecule has 0 fully saturated rings. The summed E-state index contributed by atoms with van der Waals surface area (Å²) in [5, 5.41) is 9.98. The zero-order chi connectivity index (χ0) is 14.7. The van der Waals surface area contributed by atoms with Crippen LogP contribution in [0.2, 0.25) is 0 Å². The summed E-state index contributed by atoms with van der Waals surface area (Å²) in [5.74, 6) is -0.715. The van der Waals surface area contributed by atoms with Crippen molar-refractivity contribution < 1.29 is 4.79 Å². The molecule has 1 amide bonds. The number of primary amides is 1. The van der Waals surface area contributed by atoms with Gasteiger partial charge in [0.2, 0.25) is 0 Å². The molecule has 4 heteroatoms. The third-order valence-corrected chi connectivity index (χ3v) is 3.27. The molecule has 0 atom stereocenters. The van der Waals surface area contributed by atoms with Crippen LogP contribution in [-0.2, 0) is 11.3 Å². The molecule has 0 aliphatic heterocycles. The fourth-order valence-electron chi connectivity index (χ4n) is 2.31. The quantitative estimate of drug-likeness (QED) is 0.524. The summed E-state index contributed by atoms with van der Waals surface area (Å²) >= 11 is 0. The highest BCUT2D eigenvalue weighted by molar-refractivity contribution is 6.03. The van der Waals surface area contributed by atoms with E-state index in [1.807, 2.05) is 43.3 Å². The maximum absolute atomic E-state index is 11.2. The molecule has 0 bridgehead atoms. The first kappa shape index (κ1) is 13.6. The molecule has 2 rings (SSSR count). The number of hydrogen-bond donors (Lipinski definition) is 1. The second-order valence-electron chi connectivity index (χ2n) is 4.45. The van der Waals surface area contributed by atoms with Crippen molar-refractivity contribution in [2.75, 3.05) is 0 Å². The Kier molecular flexibility index (Phi) is 3.72. The third-order valence-electron chi connectivity index (χ3n) is 3.27. The van der Waals surface area contributed by atoms with E-state index in [0.29, 0.717) is 6.54 Å². The van der Waals surface area contributed by atoms with Crippen molar-refractivity contribution in [3.8, 4) is 6.07 Å². The van der Waals surface area contributed by atoms with Gasteiger partial charge in [0.1, 0.15) is 11.6 Å². The lowest BCUT2D eigenvalue weighted by atomic mass is 10.1. The second kappa shape index (κ2) is 5.45. The Hall–Kier alpha value is -2.80. The van der Waals surface area contributed by atoms with Crippen LogP contribution in [0.4, 0.5) is 0 Å². The Balaban J connectivity index is 2.77. The molecule has 20 heavy (non-hydrogen) atoms. The fraction of sp³-hybridized carbons (Fsp3) is 0.125. The Morgan fingerprint density at radius 2 is 2.20 bits per heavy atom. The molecule has 1 heterocycles. The van der Waals surface area contributed by atoms with Crippen molar-refractivity contribution >= 4 is 22.9 Å². The van der Waals surface area contributed by atoms with Crippen LogP contribution in [0, 0.1) is 18.3 Å². The molecule has 0 spiro atoms. The van der Waals surface area contributed by atoms with Gasteiger partial charge in [-0.05, 0) is 19.1 Å². The first-order valence-electron chi connectivity index (χ1n) is 6.20. The van der Waals surface area contributed by atoms with E-state index in [1.165, 1.54) is 0 Å². The molecule has 0 saturated heterocycles. The molecule has 100 valence electrons. The molecule has 0 aliphatic rings. The molecule has 0 unspecified atom stereocenters. The molecule has 0 saturated carbocycles. The van der Waals surface area contributed by atoms with Crippen LogP contribution in [0.3, 0.4) is 0 Å². The number of para-hydroxylation sites is 1. The normalized spacial score (nSPS) is 11.3. The van der Waals surface area contributed by atoms with E-state index >= 15 is 0 Å². The van der Waals surface area contributed by atoms with E-state index in [9.17, 15) is 4.79 Å². The van der Waals surface area contributed by atoms with Crippen molar-refractivity contribution in [1.29, 1.82) is 5.26 Å². The summed E-state index contributed by atoms with van der Waals surface area (Å²) in [6.07, 6.45) is 3.37. The largest absolute Gasteiger partial charge is 0.365 e. The van der Waals surface area contributed by atoms with Crippen LogP contribution in [0.15, 0.2) is 42.5 Å². The predicted octanol–water partition coefficient (Wildman–Crippen LogP) is 2.53. The highest BCUT2D eigenvalue weighted by Crippen LogP contribution is 2.27. The number of fused-ring (bicyclic) bond motifs is 1. The number of amides is 1. The van der Waals surface area contributed by atoms with Gasteiger partial charge in [-0.2, -0.15) is 5.26 Å². The van der Waals surface area contributed by atoms with Crippen LogP contribution in [0.5, 0.6) is 0 Å². The molecule has 0 aliphatic carbocycles. The Morgan fingerprint density at radius 3 is 2.80 bits per heavy atom. The Morgan fingerprint density at radius 1 is 1.50 bits per heavy atom. The number of nitrogens with two attached hydrogens (primary N) is 1. The summed E-state index contributed by atoms with van der Waals surface area (Å²) in [7, 11) is 0. The van der Waals surface area contributed by atoms with Gasteiger partial charge in [-0.1, -0.05) is 24.3 Å². The van der Waals surface area contributed by atoms with E-state index in [2.05, 4.69) is 11.1 Å². The number of carbonyl (C=O) groups excluding carboxylic acids is 1. The Bertz CT molecular complexity index is 760. The molecular weight excluding hydrogens is 250 g/mol. The van der Waals surface area contributed by atoms with Gasteiger partial charge in [-0.25, -0.2) is 0 Å². The summed E-state index contributed by atoms with van der Waals surface area (Å²) in [5.41, 5.74) is 8.01. The van der Waals surface area contributed by atoms with Crippen molar-refractivity contribution in [1.82, 2.24) is 4.57 Å². The summed E-state index contributed by atoms with van der Waals surface area (Å²) < 4.78 is 2.09. The smallest absolute Gasteiger partial charge is 0.259 e. The maximum Gasteiger partial charge on any atom is 0.259 e. The molecule has 2 N–H and O–H groups in total. The molecule has 1 aromatic carbocycles. The van der Waals surface area contributed by atoms with Gasteiger partial charge in [0.05, 0.1) is 0 Å². The van der Waals surface area contributed by atoms with E-state index in [0.717, 1.165) is 22.2 Å². The number of benzene rings is 1. The number of hydrogen-bond acceptors (Lipinski definition) is 2. The second-order valence-corrected chi connectivity index (χ2v) is 4.45. The van der Waals surface area contributed by atoms with Gasteiger partial charge >= 0.3 is 0 Å². The lowest BCUT2D eigenvalue weighted by Crippen LogP contribution is -2.12. The van der Waals surface area contributed by atoms with E-state index in [1.54, 1.807) is 6.08 Å². The van der Waals surface area contributed by atoms with Gasteiger partial charge < -0.3 is 10.3 Å². The summed E-state index contributed by atoms with van der Waals surface area (Å²) in [6, 6.07) is 9.68. The van der Waals surface area contributed by atoms with Crippen LogP contribution in [0.25, 0.3) is 17.0 Å². The minimum Gasteiger partial charge on any atom is -0.365 e. The van der Waals surface area contributed by atoms with Crippen molar-refractivity contribution in [2.24, 2.45) is 5.73 Å². The first-order chi connectivity index (χ1) is 9.60. The topological polar surface area (TPSA) is 71.8 Å². The number of nitrogens with zero attached hydrogens (tertiary/aromatic N) is 2. The van der Waals surface area contributed by atoms with Gasteiger partial charge in [-0.3, -0.25) is 4.79 Å². The van der Waals surface area contributed by atoms with Crippen molar-refractivity contribution in [2.45, 2.75) is 13.5 Å². The van der Waals surface area contributed by atoms with Gasteiger partial charge in [0, 0.05) is 28.7 Å². The van der Waals surface area contributed by atoms with E-state index < -0.39 is 5.91 Å². The van der Waals surface area contributed by atoms with Crippen LogP contribution in [-0.4, -0.2) is 10.5 Å². The number of rotatable bonds is 4. The number of aromatic nitrogens is 1. The predicted molar refractivity (Wildman–Crippen MR) is 79.7 cm³/mol. The zero-order valence-electron chi connectivity index (χ0n) is 11.3. The van der Waals surface area contributed by atoms with Crippen LogP contribution < -0.4 is 5.73 Å².